The second-order valence-electron chi connectivity index (χ2n) is 7.78. The lowest BCUT2D eigenvalue weighted by atomic mass is 9.98. The summed E-state index contributed by atoms with van der Waals surface area (Å²) in [5.41, 5.74) is 2.65. The van der Waals surface area contributed by atoms with Gasteiger partial charge >= 0.3 is 0 Å². The number of rotatable bonds is 7. The molecule has 29 heavy (non-hydrogen) atoms. The van der Waals surface area contributed by atoms with E-state index < -0.39 is 0 Å². The fourth-order valence-electron chi connectivity index (χ4n) is 3.69. The molecule has 1 fully saturated rings. The molecule has 1 aliphatic rings. The fraction of sp³-hybridized carbons (Fsp3) is 0.318. The molecule has 4 rings (SSSR count). The van der Waals surface area contributed by atoms with Gasteiger partial charge in [0.05, 0.1) is 18.5 Å². The summed E-state index contributed by atoms with van der Waals surface area (Å²) in [6, 6.07) is 13.5. The van der Waals surface area contributed by atoms with Crippen molar-refractivity contribution >= 4 is 40.3 Å². The third-order valence-electron chi connectivity index (χ3n) is 5.83. The van der Waals surface area contributed by atoms with Crippen LogP contribution in [0.3, 0.4) is 0 Å². The molecule has 2 aromatic carbocycles. The third kappa shape index (κ3) is 3.77. The molecule has 5 nitrogen and oxygen atoms in total. The van der Waals surface area contributed by atoms with Crippen LogP contribution in [-0.4, -0.2) is 29.6 Å². The third-order valence-corrected chi connectivity index (χ3v) is 6.06. The zero-order chi connectivity index (χ0) is 20.6. The predicted octanol–water partition coefficient (Wildman–Crippen LogP) is 5.07. The largest absolute Gasteiger partial charge is 0.329 e. The summed E-state index contributed by atoms with van der Waals surface area (Å²) in [5.74, 6) is 0.624. The molecule has 1 heterocycles. The molecular formula is C22H23ClFN5. The molecular weight excluding hydrogens is 389 g/mol. The Morgan fingerprint density at radius 2 is 2.07 bits per heavy atom. The number of nitrogens with one attached hydrogen (secondary N) is 2. The topological polar surface area (TPSA) is 68.8 Å². The molecule has 0 radical (unpaired) electrons. The number of anilines is 2. The molecule has 3 aromatic rings. The van der Waals surface area contributed by atoms with Crippen LogP contribution in [-0.2, 0) is 6.42 Å². The number of hydrogen-bond donors (Lipinski definition) is 2. The normalized spacial score (nSPS) is 14.7. The van der Waals surface area contributed by atoms with Crippen LogP contribution in [0.15, 0.2) is 42.5 Å². The standard InChI is InChI=1S/C22H23ClFN5/c1-28(17-4-2-3-15(11-17)7-8-22(13-24)9-10-22)20-18-6-5-16(23)12-19(18)29(14-25)21(26)27-20/h2-6,11-12,14,25-26H,7-10,13H2,1H3. The summed E-state index contributed by atoms with van der Waals surface area (Å²) in [7, 11) is 1.91. The number of alkyl halides is 1. The highest BCUT2D eigenvalue weighted by molar-refractivity contribution is 6.31. The first-order chi connectivity index (χ1) is 14.0. The van der Waals surface area contributed by atoms with Crippen LogP contribution in [0.4, 0.5) is 15.9 Å². The Bertz CT molecular complexity index is 1140. The number of benzene rings is 2. The van der Waals surface area contributed by atoms with Crippen LogP contribution in [0, 0.1) is 16.2 Å². The quantitative estimate of drug-likeness (QED) is 0.420. The first-order valence-corrected chi connectivity index (χ1v) is 10.00. The minimum absolute atomic E-state index is 0.0357. The minimum Gasteiger partial charge on any atom is -0.329 e. The van der Waals surface area contributed by atoms with E-state index in [1.807, 2.05) is 30.1 Å². The van der Waals surface area contributed by atoms with Crippen molar-refractivity contribution in [1.82, 2.24) is 9.55 Å². The van der Waals surface area contributed by atoms with Crippen LogP contribution in [0.1, 0.15) is 24.8 Å². The lowest BCUT2D eigenvalue weighted by molar-refractivity contribution is 0.324. The molecule has 1 aromatic heterocycles. The maximum absolute atomic E-state index is 13.2. The summed E-state index contributed by atoms with van der Waals surface area (Å²) in [6.07, 6.45) is 4.77. The van der Waals surface area contributed by atoms with Gasteiger partial charge in [-0.05, 0) is 67.0 Å². The van der Waals surface area contributed by atoms with Crippen molar-refractivity contribution in [3.8, 4) is 0 Å². The van der Waals surface area contributed by atoms with Gasteiger partial charge in [0, 0.05) is 23.1 Å². The molecule has 0 aliphatic heterocycles. The van der Waals surface area contributed by atoms with Gasteiger partial charge in [-0.3, -0.25) is 19.8 Å². The summed E-state index contributed by atoms with van der Waals surface area (Å²) in [5, 5.41) is 17.2. The Morgan fingerprint density at radius 3 is 2.76 bits per heavy atom. The van der Waals surface area contributed by atoms with Gasteiger partial charge in [0.1, 0.15) is 5.82 Å². The summed E-state index contributed by atoms with van der Waals surface area (Å²) in [4.78, 5) is 6.37. The Hall–Kier alpha value is -2.73. The van der Waals surface area contributed by atoms with Crippen molar-refractivity contribution < 1.29 is 4.39 Å². The van der Waals surface area contributed by atoms with Crippen molar-refractivity contribution in [1.29, 1.82) is 10.8 Å². The van der Waals surface area contributed by atoms with E-state index in [1.165, 1.54) is 4.57 Å². The highest BCUT2D eigenvalue weighted by atomic mass is 35.5. The molecule has 150 valence electrons. The van der Waals surface area contributed by atoms with Gasteiger partial charge in [0.15, 0.2) is 0 Å². The first kappa shape index (κ1) is 19.6. The molecule has 0 saturated heterocycles. The van der Waals surface area contributed by atoms with Crippen LogP contribution in [0.2, 0.25) is 5.02 Å². The fourth-order valence-corrected chi connectivity index (χ4v) is 3.85. The van der Waals surface area contributed by atoms with Gasteiger partial charge in [-0.1, -0.05) is 23.7 Å². The average Bonchev–Trinajstić information content (AvgIpc) is 3.52. The highest BCUT2D eigenvalue weighted by Gasteiger charge is 2.41. The second-order valence-corrected chi connectivity index (χ2v) is 8.22. The molecule has 0 bridgehead atoms. The molecule has 1 saturated carbocycles. The number of hydrogen-bond acceptors (Lipinski definition) is 4. The Balaban J connectivity index is 1.70. The Morgan fingerprint density at radius 1 is 1.28 bits per heavy atom. The molecule has 0 spiro atoms. The summed E-state index contributed by atoms with van der Waals surface area (Å²) >= 11 is 6.15. The zero-order valence-electron chi connectivity index (χ0n) is 16.3. The summed E-state index contributed by atoms with van der Waals surface area (Å²) < 4.78 is 14.6. The monoisotopic (exact) mass is 411 g/mol. The lowest BCUT2D eigenvalue weighted by Gasteiger charge is -2.22. The van der Waals surface area contributed by atoms with E-state index >= 15 is 0 Å². The van der Waals surface area contributed by atoms with Gasteiger partial charge in [-0.25, -0.2) is 0 Å². The van der Waals surface area contributed by atoms with E-state index in [-0.39, 0.29) is 17.7 Å². The maximum atomic E-state index is 13.2. The number of fused-ring (bicyclic) bond motifs is 1. The number of aromatic nitrogens is 2. The van der Waals surface area contributed by atoms with Crippen molar-refractivity contribution in [2.24, 2.45) is 5.41 Å². The lowest BCUT2D eigenvalue weighted by Crippen LogP contribution is -2.26. The Labute approximate surface area is 173 Å². The SMILES string of the molecule is CN(c1cccc(CCC2(CF)CC2)c1)c1nc(=N)n(C=N)c2cc(Cl)ccc12. The van der Waals surface area contributed by atoms with Crippen molar-refractivity contribution in [2.75, 3.05) is 18.6 Å². The molecule has 0 amide bonds. The maximum Gasteiger partial charge on any atom is 0.229 e. The highest BCUT2D eigenvalue weighted by Crippen LogP contribution is 2.49. The van der Waals surface area contributed by atoms with Crippen LogP contribution in [0.25, 0.3) is 10.9 Å². The van der Waals surface area contributed by atoms with Crippen LogP contribution < -0.4 is 10.5 Å². The van der Waals surface area contributed by atoms with Gasteiger partial charge < -0.3 is 4.90 Å². The van der Waals surface area contributed by atoms with Gasteiger partial charge in [-0.2, -0.15) is 4.98 Å². The van der Waals surface area contributed by atoms with Crippen molar-refractivity contribution in [3.63, 3.8) is 0 Å². The first-order valence-electron chi connectivity index (χ1n) is 9.62. The smallest absolute Gasteiger partial charge is 0.229 e. The van der Waals surface area contributed by atoms with Crippen molar-refractivity contribution in [3.05, 3.63) is 58.7 Å². The zero-order valence-corrected chi connectivity index (χ0v) is 17.0. The van der Waals surface area contributed by atoms with E-state index in [0.717, 1.165) is 48.7 Å². The second kappa shape index (κ2) is 7.59. The van der Waals surface area contributed by atoms with E-state index in [4.69, 9.17) is 22.4 Å². The van der Waals surface area contributed by atoms with E-state index in [1.54, 1.807) is 12.1 Å². The van der Waals surface area contributed by atoms with E-state index in [2.05, 4.69) is 17.1 Å². The Kier molecular flexibility index (Phi) is 5.13. The molecule has 2 N–H and O–H groups in total. The van der Waals surface area contributed by atoms with Crippen LogP contribution >= 0.6 is 11.6 Å². The van der Waals surface area contributed by atoms with E-state index in [9.17, 15) is 4.39 Å². The molecule has 1 aliphatic carbocycles. The number of nitrogens with zero attached hydrogens (tertiary/aromatic N) is 3. The van der Waals surface area contributed by atoms with Gasteiger partial charge in [0.2, 0.25) is 5.62 Å². The van der Waals surface area contributed by atoms with Crippen LogP contribution in [0.5, 0.6) is 0 Å². The predicted molar refractivity (Wildman–Crippen MR) is 115 cm³/mol. The van der Waals surface area contributed by atoms with Gasteiger partial charge in [-0.15, -0.1) is 0 Å². The average molecular weight is 412 g/mol. The molecule has 0 atom stereocenters. The number of aryl methyl sites for hydroxylation is 1. The van der Waals surface area contributed by atoms with Gasteiger partial charge in [0.25, 0.3) is 0 Å². The number of halogens is 2. The molecule has 7 heteroatoms. The minimum atomic E-state index is -0.228. The van der Waals surface area contributed by atoms with E-state index in [0.29, 0.717) is 16.4 Å². The summed E-state index contributed by atoms with van der Waals surface area (Å²) in [6.45, 7) is -0.228. The molecule has 0 unspecified atom stereocenters. The van der Waals surface area contributed by atoms with Crippen molar-refractivity contribution in [2.45, 2.75) is 25.7 Å².